The molecule has 2 rings (SSSR count). The zero-order valence-corrected chi connectivity index (χ0v) is 9.40. The molecular weight excluding hydrogens is 206 g/mol. The predicted octanol–water partition coefficient (Wildman–Crippen LogP) is -0.0393. The highest BCUT2D eigenvalue weighted by molar-refractivity contribution is 5.39. The summed E-state index contributed by atoms with van der Waals surface area (Å²) < 4.78 is 0. The van der Waals surface area contributed by atoms with E-state index in [1.54, 1.807) is 7.05 Å². The molecule has 1 fully saturated rings. The van der Waals surface area contributed by atoms with Crippen LogP contribution in [0.1, 0.15) is 12.8 Å². The fourth-order valence-electron chi connectivity index (χ4n) is 1.71. The molecule has 1 aromatic rings. The Labute approximate surface area is 94.5 Å². The summed E-state index contributed by atoms with van der Waals surface area (Å²) in [6, 6.07) is 0. The van der Waals surface area contributed by atoms with Crippen LogP contribution in [0, 0.1) is 0 Å². The van der Waals surface area contributed by atoms with E-state index in [1.807, 2.05) is 0 Å². The van der Waals surface area contributed by atoms with Crippen LogP contribution < -0.4 is 16.4 Å². The number of hydrogen-bond acceptors (Lipinski definition) is 7. The highest BCUT2D eigenvalue weighted by Gasteiger charge is 2.11. The number of hydrogen-bond donors (Lipinski definition) is 3. The fraction of sp³-hybridized carbons (Fsp3) is 0.667. The Kier molecular flexibility index (Phi) is 3.35. The molecule has 16 heavy (non-hydrogen) atoms. The Hall–Kier alpha value is -1.63. The van der Waals surface area contributed by atoms with Crippen molar-refractivity contribution >= 4 is 17.8 Å². The van der Waals surface area contributed by atoms with Crippen molar-refractivity contribution < 1.29 is 0 Å². The number of rotatable bonds is 4. The molecule has 7 heteroatoms. The fourth-order valence-corrected chi connectivity index (χ4v) is 1.71. The van der Waals surface area contributed by atoms with Crippen LogP contribution in [-0.4, -0.2) is 46.7 Å². The first-order valence-electron chi connectivity index (χ1n) is 5.43. The van der Waals surface area contributed by atoms with Crippen LogP contribution in [-0.2, 0) is 0 Å². The highest BCUT2D eigenvalue weighted by Crippen LogP contribution is 2.09. The molecule has 0 unspecified atom stereocenters. The third kappa shape index (κ3) is 2.69. The summed E-state index contributed by atoms with van der Waals surface area (Å²) in [6.07, 6.45) is 2.53. The summed E-state index contributed by atoms with van der Waals surface area (Å²) in [7, 11) is 1.75. The maximum absolute atomic E-state index is 5.56. The number of nitrogens with two attached hydrogens (primary N) is 1. The van der Waals surface area contributed by atoms with Crippen molar-refractivity contribution in [2.24, 2.45) is 0 Å². The molecule has 1 aliphatic heterocycles. The lowest BCUT2D eigenvalue weighted by atomic mass is 10.4. The minimum Gasteiger partial charge on any atom is -0.368 e. The van der Waals surface area contributed by atoms with Crippen LogP contribution in [0.15, 0.2) is 0 Å². The molecule has 88 valence electrons. The first kappa shape index (κ1) is 10.9. The Morgan fingerprint density at radius 1 is 1.19 bits per heavy atom. The molecule has 1 aliphatic rings. The van der Waals surface area contributed by atoms with Crippen LogP contribution >= 0.6 is 0 Å². The van der Waals surface area contributed by atoms with E-state index in [2.05, 4.69) is 30.5 Å². The van der Waals surface area contributed by atoms with Crippen LogP contribution in [0.4, 0.5) is 17.8 Å². The average Bonchev–Trinajstić information content (AvgIpc) is 2.78. The molecule has 1 saturated heterocycles. The summed E-state index contributed by atoms with van der Waals surface area (Å²) in [6.45, 7) is 3.02. The zero-order valence-electron chi connectivity index (χ0n) is 9.40. The smallest absolute Gasteiger partial charge is 0.230 e. The number of aromatic nitrogens is 3. The van der Waals surface area contributed by atoms with Gasteiger partial charge in [0, 0.05) is 7.05 Å². The summed E-state index contributed by atoms with van der Waals surface area (Å²) >= 11 is 0. The number of nitrogen functional groups attached to an aromatic ring is 1. The molecule has 2 heterocycles. The van der Waals surface area contributed by atoms with Crippen molar-refractivity contribution in [2.45, 2.75) is 12.8 Å². The van der Waals surface area contributed by atoms with Gasteiger partial charge in [-0.25, -0.2) is 0 Å². The molecule has 0 atom stereocenters. The van der Waals surface area contributed by atoms with Crippen molar-refractivity contribution in [1.82, 2.24) is 19.9 Å². The van der Waals surface area contributed by atoms with Gasteiger partial charge < -0.3 is 16.4 Å². The summed E-state index contributed by atoms with van der Waals surface area (Å²) in [5, 5.41) is 5.99. The van der Waals surface area contributed by atoms with Crippen LogP contribution in [0.2, 0.25) is 0 Å². The van der Waals surface area contributed by atoms with E-state index in [-0.39, 0.29) is 5.95 Å². The molecule has 0 aliphatic carbocycles. The Morgan fingerprint density at radius 2 is 1.88 bits per heavy atom. The highest BCUT2D eigenvalue weighted by atomic mass is 15.3. The second-order valence-electron chi connectivity index (χ2n) is 3.75. The first-order valence-corrected chi connectivity index (χ1v) is 5.43. The van der Waals surface area contributed by atoms with Gasteiger partial charge in [-0.15, -0.1) is 0 Å². The van der Waals surface area contributed by atoms with E-state index in [9.17, 15) is 0 Å². The van der Waals surface area contributed by atoms with Gasteiger partial charge in [0.1, 0.15) is 0 Å². The van der Waals surface area contributed by atoms with E-state index in [4.69, 9.17) is 5.73 Å². The molecule has 0 spiro atoms. The van der Waals surface area contributed by atoms with Crippen molar-refractivity contribution in [3.05, 3.63) is 0 Å². The zero-order chi connectivity index (χ0) is 11.4. The van der Waals surface area contributed by atoms with Gasteiger partial charge in [-0.05, 0) is 25.9 Å². The normalized spacial score (nSPS) is 16.3. The van der Waals surface area contributed by atoms with E-state index >= 15 is 0 Å². The molecule has 0 aromatic carbocycles. The molecule has 0 amide bonds. The van der Waals surface area contributed by atoms with Crippen LogP contribution in [0.3, 0.4) is 0 Å². The Morgan fingerprint density at radius 3 is 2.56 bits per heavy atom. The van der Waals surface area contributed by atoms with E-state index < -0.39 is 0 Å². The predicted molar refractivity (Wildman–Crippen MR) is 63.1 cm³/mol. The Bertz CT molecular complexity index is 348. The van der Waals surface area contributed by atoms with Crippen molar-refractivity contribution in [1.29, 1.82) is 0 Å². The number of likely N-dealkylation sites (tertiary alicyclic amines) is 1. The summed E-state index contributed by atoms with van der Waals surface area (Å²) in [5.74, 6) is 1.23. The molecule has 1 aromatic heterocycles. The van der Waals surface area contributed by atoms with Gasteiger partial charge in [-0.1, -0.05) is 0 Å². The summed E-state index contributed by atoms with van der Waals surface area (Å²) in [4.78, 5) is 14.4. The molecule has 0 bridgehead atoms. The maximum atomic E-state index is 5.56. The lowest BCUT2D eigenvalue weighted by molar-refractivity contribution is 0.363. The lowest BCUT2D eigenvalue weighted by Crippen LogP contribution is -2.27. The standard InChI is InChI=1S/C9H17N7/c1-11-8-13-7(10)14-9(15-8)12-6-16-4-2-3-5-16/h2-6H2,1H3,(H4,10,11,12,13,14,15). The third-order valence-electron chi connectivity index (χ3n) is 2.54. The minimum atomic E-state index is 0.225. The third-order valence-corrected chi connectivity index (χ3v) is 2.54. The van der Waals surface area contributed by atoms with Gasteiger partial charge in [0.2, 0.25) is 17.8 Å². The van der Waals surface area contributed by atoms with Gasteiger partial charge >= 0.3 is 0 Å². The van der Waals surface area contributed by atoms with E-state index in [0.717, 1.165) is 19.8 Å². The molecular formula is C9H17N7. The quantitative estimate of drug-likeness (QED) is 0.659. The van der Waals surface area contributed by atoms with Gasteiger partial charge in [0.25, 0.3) is 0 Å². The van der Waals surface area contributed by atoms with Crippen LogP contribution in [0.5, 0.6) is 0 Å². The van der Waals surface area contributed by atoms with Crippen molar-refractivity contribution in [3.8, 4) is 0 Å². The van der Waals surface area contributed by atoms with E-state index in [1.165, 1.54) is 12.8 Å². The van der Waals surface area contributed by atoms with Gasteiger partial charge in [-0.3, -0.25) is 4.90 Å². The second-order valence-corrected chi connectivity index (χ2v) is 3.75. The molecule has 0 radical (unpaired) electrons. The second kappa shape index (κ2) is 4.93. The molecule has 0 saturated carbocycles. The van der Waals surface area contributed by atoms with Crippen molar-refractivity contribution in [3.63, 3.8) is 0 Å². The number of nitrogens with one attached hydrogen (secondary N) is 2. The van der Waals surface area contributed by atoms with Gasteiger partial charge in [-0.2, -0.15) is 15.0 Å². The largest absolute Gasteiger partial charge is 0.368 e. The topological polar surface area (TPSA) is 92.0 Å². The SMILES string of the molecule is CNc1nc(N)nc(NCN2CCCC2)n1. The molecule has 4 N–H and O–H groups in total. The maximum Gasteiger partial charge on any atom is 0.230 e. The number of anilines is 3. The summed E-state index contributed by atoms with van der Waals surface area (Å²) in [5.41, 5.74) is 5.56. The van der Waals surface area contributed by atoms with Gasteiger partial charge in [0.15, 0.2) is 0 Å². The molecule has 7 nitrogen and oxygen atoms in total. The van der Waals surface area contributed by atoms with Crippen LogP contribution in [0.25, 0.3) is 0 Å². The average molecular weight is 223 g/mol. The number of nitrogens with zero attached hydrogens (tertiary/aromatic N) is 4. The Balaban J connectivity index is 1.94. The monoisotopic (exact) mass is 223 g/mol. The van der Waals surface area contributed by atoms with E-state index in [0.29, 0.717) is 11.9 Å². The minimum absolute atomic E-state index is 0.225. The first-order chi connectivity index (χ1) is 7.78. The lowest BCUT2D eigenvalue weighted by Gasteiger charge is -2.15. The van der Waals surface area contributed by atoms with Gasteiger partial charge in [0.05, 0.1) is 6.67 Å². The van der Waals surface area contributed by atoms with Crippen molar-refractivity contribution in [2.75, 3.05) is 43.2 Å².